The van der Waals surface area contributed by atoms with Crippen LogP contribution in [0.5, 0.6) is 0 Å². The molecule has 1 heterocycles. The molecular formula is C19H16FNO2S. The summed E-state index contributed by atoms with van der Waals surface area (Å²) in [6.45, 7) is 0.162. The van der Waals surface area contributed by atoms with Crippen LogP contribution in [0.4, 0.5) is 4.39 Å². The lowest BCUT2D eigenvalue weighted by molar-refractivity contribution is -0.155. The maximum Gasteiger partial charge on any atom is 0.316 e. The number of thiazole rings is 1. The second kappa shape index (κ2) is 5.98. The Morgan fingerprint density at radius 3 is 2.75 bits per heavy atom. The first-order valence-electron chi connectivity index (χ1n) is 7.95. The van der Waals surface area contributed by atoms with Gasteiger partial charge in [-0.1, -0.05) is 30.7 Å². The summed E-state index contributed by atoms with van der Waals surface area (Å²) < 4.78 is 20.2. The average molecular weight is 341 g/mol. The molecule has 0 atom stereocenters. The van der Waals surface area contributed by atoms with Crippen molar-refractivity contribution in [1.29, 1.82) is 0 Å². The number of hydrogen-bond donors (Lipinski definition) is 0. The Hall–Kier alpha value is -2.27. The Morgan fingerprint density at radius 2 is 2.04 bits per heavy atom. The van der Waals surface area contributed by atoms with Crippen molar-refractivity contribution >= 4 is 27.5 Å². The molecule has 1 fully saturated rings. The molecule has 5 heteroatoms. The largest absolute Gasteiger partial charge is 0.458 e. The summed E-state index contributed by atoms with van der Waals surface area (Å²) in [5.74, 6) is -0.601. The third-order valence-electron chi connectivity index (χ3n) is 4.64. The Bertz CT molecular complexity index is 868. The number of esters is 1. The normalized spacial score (nSPS) is 15.9. The summed E-state index contributed by atoms with van der Waals surface area (Å²) in [5.41, 5.74) is 0.929. The predicted molar refractivity (Wildman–Crippen MR) is 91.3 cm³/mol. The van der Waals surface area contributed by atoms with E-state index >= 15 is 0 Å². The summed E-state index contributed by atoms with van der Waals surface area (Å²) in [4.78, 5) is 17.2. The zero-order chi connectivity index (χ0) is 16.6. The van der Waals surface area contributed by atoms with Crippen LogP contribution in [0.3, 0.4) is 0 Å². The molecular weight excluding hydrogens is 325 g/mol. The lowest BCUT2D eigenvalue weighted by Gasteiger charge is -2.39. The number of benzene rings is 2. The summed E-state index contributed by atoms with van der Waals surface area (Å²) in [6, 6.07) is 14.1. The third kappa shape index (κ3) is 2.59. The molecule has 0 aliphatic heterocycles. The molecule has 24 heavy (non-hydrogen) atoms. The topological polar surface area (TPSA) is 39.2 Å². The Balaban J connectivity index is 1.52. The number of halogens is 1. The van der Waals surface area contributed by atoms with Gasteiger partial charge in [0.05, 0.1) is 15.6 Å². The van der Waals surface area contributed by atoms with E-state index < -0.39 is 5.41 Å². The van der Waals surface area contributed by atoms with Gasteiger partial charge < -0.3 is 4.74 Å². The molecule has 0 radical (unpaired) electrons. The van der Waals surface area contributed by atoms with Crippen LogP contribution >= 0.6 is 11.3 Å². The first kappa shape index (κ1) is 15.3. The fourth-order valence-corrected chi connectivity index (χ4v) is 4.05. The van der Waals surface area contributed by atoms with Crippen LogP contribution in [0.15, 0.2) is 48.5 Å². The van der Waals surface area contributed by atoms with Crippen LogP contribution in [0.1, 0.15) is 29.8 Å². The smallest absolute Gasteiger partial charge is 0.316 e. The van der Waals surface area contributed by atoms with Crippen molar-refractivity contribution in [2.45, 2.75) is 31.3 Å². The van der Waals surface area contributed by atoms with Crippen LogP contribution in [0, 0.1) is 5.82 Å². The molecule has 3 nitrogen and oxygen atoms in total. The monoisotopic (exact) mass is 341 g/mol. The number of rotatable bonds is 4. The Morgan fingerprint density at radius 1 is 1.21 bits per heavy atom. The molecule has 122 valence electrons. The lowest BCUT2D eigenvalue weighted by Crippen LogP contribution is -2.43. The number of ether oxygens (including phenoxy) is 1. The molecule has 4 rings (SSSR count). The zero-order valence-corrected chi connectivity index (χ0v) is 13.8. The van der Waals surface area contributed by atoms with Gasteiger partial charge in [-0.05, 0) is 42.7 Å². The van der Waals surface area contributed by atoms with Crippen molar-refractivity contribution < 1.29 is 13.9 Å². The molecule has 1 saturated carbocycles. The van der Waals surface area contributed by atoms with Gasteiger partial charge in [0, 0.05) is 0 Å². The molecule has 0 amide bonds. The highest BCUT2D eigenvalue weighted by Crippen LogP contribution is 2.45. The molecule has 0 bridgehead atoms. The third-order valence-corrected chi connectivity index (χ3v) is 5.65. The number of fused-ring (bicyclic) bond motifs is 1. The molecule has 0 N–H and O–H groups in total. The second-order valence-corrected chi connectivity index (χ2v) is 7.21. The van der Waals surface area contributed by atoms with Crippen molar-refractivity contribution in [2.24, 2.45) is 0 Å². The molecule has 1 aliphatic carbocycles. The summed E-state index contributed by atoms with van der Waals surface area (Å²) in [5, 5.41) is 0.776. The lowest BCUT2D eigenvalue weighted by atomic mass is 9.64. The summed E-state index contributed by atoms with van der Waals surface area (Å²) in [6.07, 6.45) is 2.36. The van der Waals surface area contributed by atoms with Crippen LogP contribution in [0.25, 0.3) is 10.2 Å². The van der Waals surface area contributed by atoms with E-state index in [0.29, 0.717) is 18.4 Å². The van der Waals surface area contributed by atoms with Gasteiger partial charge >= 0.3 is 5.97 Å². The highest BCUT2D eigenvalue weighted by Gasteiger charge is 2.47. The number of carbonyl (C=O) groups is 1. The van der Waals surface area contributed by atoms with E-state index in [4.69, 9.17) is 4.74 Å². The maximum absolute atomic E-state index is 13.5. The number of hydrogen-bond acceptors (Lipinski definition) is 4. The fourth-order valence-electron chi connectivity index (χ4n) is 3.17. The predicted octanol–water partition coefficient (Wildman–Crippen LogP) is 4.60. The minimum atomic E-state index is -0.696. The molecule has 2 aromatic carbocycles. The standard InChI is InChI=1S/C19H16FNO2S/c20-14-6-3-5-13(11-14)19(9-4-10-19)18(22)23-12-17-21-15-7-1-2-8-16(15)24-17/h1-3,5-8,11H,4,9-10,12H2. The van der Waals surface area contributed by atoms with E-state index in [1.54, 1.807) is 12.1 Å². The van der Waals surface area contributed by atoms with E-state index in [1.165, 1.54) is 23.5 Å². The molecule has 0 saturated heterocycles. The van der Waals surface area contributed by atoms with Gasteiger partial charge in [-0.15, -0.1) is 11.3 Å². The second-order valence-electron chi connectivity index (χ2n) is 6.10. The summed E-state index contributed by atoms with van der Waals surface area (Å²) >= 11 is 1.53. The summed E-state index contributed by atoms with van der Waals surface area (Å²) in [7, 11) is 0. The molecule has 1 aromatic heterocycles. The van der Waals surface area contributed by atoms with Crippen LogP contribution < -0.4 is 0 Å². The van der Waals surface area contributed by atoms with Crippen LogP contribution in [-0.4, -0.2) is 11.0 Å². The molecule has 1 aliphatic rings. The molecule has 0 spiro atoms. The average Bonchev–Trinajstić information content (AvgIpc) is 2.95. The van der Waals surface area contributed by atoms with Gasteiger partial charge in [0.15, 0.2) is 0 Å². The van der Waals surface area contributed by atoms with E-state index in [0.717, 1.165) is 21.6 Å². The van der Waals surface area contributed by atoms with E-state index in [-0.39, 0.29) is 18.4 Å². The van der Waals surface area contributed by atoms with Crippen molar-refractivity contribution in [3.63, 3.8) is 0 Å². The first-order chi connectivity index (χ1) is 11.7. The van der Waals surface area contributed by atoms with Crippen molar-refractivity contribution in [1.82, 2.24) is 4.98 Å². The highest BCUT2D eigenvalue weighted by atomic mass is 32.1. The maximum atomic E-state index is 13.5. The zero-order valence-electron chi connectivity index (χ0n) is 13.0. The number of carbonyl (C=O) groups excluding carboxylic acids is 1. The van der Waals surface area contributed by atoms with Gasteiger partial charge in [0.1, 0.15) is 17.4 Å². The van der Waals surface area contributed by atoms with Crippen molar-refractivity contribution in [3.8, 4) is 0 Å². The van der Waals surface area contributed by atoms with Crippen LogP contribution in [-0.2, 0) is 21.6 Å². The van der Waals surface area contributed by atoms with E-state index in [9.17, 15) is 9.18 Å². The molecule has 3 aromatic rings. The Kier molecular flexibility index (Phi) is 3.81. The van der Waals surface area contributed by atoms with Gasteiger partial charge in [-0.3, -0.25) is 4.79 Å². The number of aromatic nitrogens is 1. The van der Waals surface area contributed by atoms with Gasteiger partial charge in [-0.2, -0.15) is 0 Å². The van der Waals surface area contributed by atoms with Crippen molar-refractivity contribution in [3.05, 3.63) is 64.9 Å². The number of nitrogens with zero attached hydrogens (tertiary/aromatic N) is 1. The first-order valence-corrected chi connectivity index (χ1v) is 8.77. The van der Waals surface area contributed by atoms with Gasteiger partial charge in [0.25, 0.3) is 0 Å². The van der Waals surface area contributed by atoms with Gasteiger partial charge in [0.2, 0.25) is 0 Å². The van der Waals surface area contributed by atoms with E-state index in [2.05, 4.69) is 4.98 Å². The Labute approximate surface area is 143 Å². The van der Waals surface area contributed by atoms with Crippen molar-refractivity contribution in [2.75, 3.05) is 0 Å². The molecule has 0 unspecified atom stereocenters. The quantitative estimate of drug-likeness (QED) is 0.651. The van der Waals surface area contributed by atoms with Gasteiger partial charge in [-0.25, -0.2) is 9.37 Å². The SMILES string of the molecule is O=C(OCc1nc2ccccc2s1)C1(c2cccc(F)c2)CCC1. The fraction of sp³-hybridized carbons (Fsp3) is 0.263. The van der Waals surface area contributed by atoms with Crippen LogP contribution in [0.2, 0.25) is 0 Å². The number of para-hydroxylation sites is 1. The minimum Gasteiger partial charge on any atom is -0.458 e. The minimum absolute atomic E-state index is 0.162. The highest BCUT2D eigenvalue weighted by molar-refractivity contribution is 7.18. The van der Waals surface area contributed by atoms with E-state index in [1.807, 2.05) is 24.3 Å².